The molecule has 1 aliphatic heterocycles. The second-order valence-corrected chi connectivity index (χ2v) is 6.92. The molecule has 1 fully saturated rings. The van der Waals surface area contributed by atoms with E-state index in [1.807, 2.05) is 52.0 Å². The highest BCUT2D eigenvalue weighted by molar-refractivity contribution is 6.30. The van der Waals surface area contributed by atoms with Crippen LogP contribution >= 0.6 is 11.6 Å². The van der Waals surface area contributed by atoms with Crippen molar-refractivity contribution in [3.05, 3.63) is 34.9 Å². The zero-order valence-corrected chi connectivity index (χ0v) is 13.7. The first kappa shape index (κ1) is 16.1. The van der Waals surface area contributed by atoms with Crippen LogP contribution in [0.15, 0.2) is 24.3 Å². The molecule has 1 aromatic carbocycles. The fourth-order valence-corrected chi connectivity index (χ4v) is 2.46. The Bertz CT molecular complexity index is 509. The third kappa shape index (κ3) is 4.11. The van der Waals surface area contributed by atoms with Crippen LogP contribution in [0.4, 0.5) is 4.79 Å². The van der Waals surface area contributed by atoms with Crippen molar-refractivity contribution in [3.63, 3.8) is 0 Å². The van der Waals surface area contributed by atoms with Crippen LogP contribution in [-0.4, -0.2) is 36.3 Å². The standard InChI is InChI=1S/C16H22ClNO3/c1-15(2,3)21-14(19)18-9-10-20-16(4,11-18)12-5-7-13(17)8-6-12/h5-8H,9-11H2,1-4H3/t16-/m1/s1. The summed E-state index contributed by atoms with van der Waals surface area (Å²) < 4.78 is 11.3. The molecule has 0 aromatic heterocycles. The molecule has 0 bridgehead atoms. The number of carbonyl (C=O) groups is 1. The van der Waals surface area contributed by atoms with Gasteiger partial charge in [0.05, 0.1) is 13.2 Å². The summed E-state index contributed by atoms with van der Waals surface area (Å²) in [6.45, 7) is 9.06. The van der Waals surface area contributed by atoms with Crippen LogP contribution in [0.3, 0.4) is 0 Å². The fraction of sp³-hybridized carbons (Fsp3) is 0.562. The summed E-state index contributed by atoms with van der Waals surface area (Å²) in [4.78, 5) is 13.9. The van der Waals surface area contributed by atoms with Crippen LogP contribution in [0.2, 0.25) is 5.02 Å². The number of rotatable bonds is 1. The van der Waals surface area contributed by atoms with Crippen molar-refractivity contribution in [1.82, 2.24) is 4.90 Å². The van der Waals surface area contributed by atoms with Crippen molar-refractivity contribution in [2.45, 2.75) is 38.9 Å². The normalized spacial score (nSPS) is 23.0. The Morgan fingerprint density at radius 2 is 1.95 bits per heavy atom. The number of nitrogens with zero attached hydrogens (tertiary/aromatic N) is 1. The van der Waals surface area contributed by atoms with Crippen LogP contribution < -0.4 is 0 Å². The lowest BCUT2D eigenvalue weighted by Gasteiger charge is -2.41. The van der Waals surface area contributed by atoms with Gasteiger partial charge in [0, 0.05) is 11.6 Å². The van der Waals surface area contributed by atoms with Gasteiger partial charge in [0.25, 0.3) is 0 Å². The number of ether oxygens (including phenoxy) is 2. The Labute approximate surface area is 131 Å². The molecule has 4 nitrogen and oxygen atoms in total. The first-order valence-electron chi connectivity index (χ1n) is 7.08. The van der Waals surface area contributed by atoms with E-state index < -0.39 is 11.2 Å². The molecule has 0 aliphatic carbocycles. The fourth-order valence-electron chi connectivity index (χ4n) is 2.33. The van der Waals surface area contributed by atoms with Gasteiger partial charge in [-0.2, -0.15) is 0 Å². The average molecular weight is 312 g/mol. The molecule has 1 atom stereocenters. The summed E-state index contributed by atoms with van der Waals surface area (Å²) in [7, 11) is 0. The maximum atomic E-state index is 12.2. The van der Waals surface area contributed by atoms with Gasteiger partial charge in [0.2, 0.25) is 0 Å². The van der Waals surface area contributed by atoms with Gasteiger partial charge in [0.15, 0.2) is 0 Å². The van der Waals surface area contributed by atoms with Crippen molar-refractivity contribution in [2.24, 2.45) is 0 Å². The third-order valence-corrected chi connectivity index (χ3v) is 3.63. The zero-order chi connectivity index (χ0) is 15.7. The maximum Gasteiger partial charge on any atom is 0.410 e. The number of hydrogen-bond donors (Lipinski definition) is 0. The minimum absolute atomic E-state index is 0.300. The molecule has 116 valence electrons. The van der Waals surface area contributed by atoms with Gasteiger partial charge in [-0.15, -0.1) is 0 Å². The van der Waals surface area contributed by atoms with E-state index in [2.05, 4.69) is 0 Å². The van der Waals surface area contributed by atoms with Crippen molar-refractivity contribution in [2.75, 3.05) is 19.7 Å². The minimum atomic E-state index is -0.542. The number of benzene rings is 1. The Hall–Kier alpha value is -1.26. The van der Waals surface area contributed by atoms with Crippen molar-refractivity contribution < 1.29 is 14.3 Å². The molecule has 0 radical (unpaired) electrons. The first-order valence-corrected chi connectivity index (χ1v) is 7.45. The average Bonchev–Trinajstić information content (AvgIpc) is 2.37. The number of carbonyl (C=O) groups excluding carboxylic acids is 1. The summed E-state index contributed by atoms with van der Waals surface area (Å²) in [5, 5.41) is 0.683. The van der Waals surface area contributed by atoms with E-state index in [-0.39, 0.29) is 6.09 Å². The zero-order valence-electron chi connectivity index (χ0n) is 13.0. The summed E-state index contributed by atoms with van der Waals surface area (Å²) >= 11 is 5.92. The van der Waals surface area contributed by atoms with Gasteiger partial charge < -0.3 is 14.4 Å². The Kier molecular flexibility index (Phi) is 4.49. The van der Waals surface area contributed by atoms with Gasteiger partial charge >= 0.3 is 6.09 Å². The van der Waals surface area contributed by atoms with Crippen LogP contribution in [0.25, 0.3) is 0 Å². The van der Waals surface area contributed by atoms with Crippen molar-refractivity contribution >= 4 is 17.7 Å². The lowest BCUT2D eigenvalue weighted by molar-refractivity contribution is -0.103. The Morgan fingerprint density at radius 1 is 1.33 bits per heavy atom. The molecule has 0 spiro atoms. The molecular formula is C16H22ClNO3. The molecule has 1 aliphatic rings. The van der Waals surface area contributed by atoms with Crippen molar-refractivity contribution in [3.8, 4) is 0 Å². The van der Waals surface area contributed by atoms with E-state index in [0.29, 0.717) is 24.7 Å². The summed E-state index contributed by atoms with van der Waals surface area (Å²) in [5.41, 5.74) is -0.0358. The number of halogens is 1. The Morgan fingerprint density at radius 3 is 2.52 bits per heavy atom. The molecule has 0 unspecified atom stereocenters. The molecule has 0 N–H and O–H groups in total. The van der Waals surface area contributed by atoms with Gasteiger partial charge in [-0.05, 0) is 45.4 Å². The summed E-state index contributed by atoms with van der Waals surface area (Å²) in [5.74, 6) is 0. The van der Waals surface area contributed by atoms with Gasteiger partial charge in [-0.25, -0.2) is 4.79 Å². The van der Waals surface area contributed by atoms with E-state index in [1.54, 1.807) is 4.90 Å². The quantitative estimate of drug-likeness (QED) is 0.791. The molecule has 1 saturated heterocycles. The van der Waals surface area contributed by atoms with Crippen LogP contribution in [-0.2, 0) is 15.1 Å². The van der Waals surface area contributed by atoms with Crippen LogP contribution in [0.5, 0.6) is 0 Å². The molecule has 5 heteroatoms. The number of amides is 1. The highest BCUT2D eigenvalue weighted by atomic mass is 35.5. The third-order valence-electron chi connectivity index (χ3n) is 3.38. The molecule has 1 aromatic rings. The van der Waals surface area contributed by atoms with E-state index in [9.17, 15) is 4.79 Å². The van der Waals surface area contributed by atoms with Gasteiger partial charge in [-0.3, -0.25) is 0 Å². The lowest BCUT2D eigenvalue weighted by atomic mass is 9.94. The smallest absolute Gasteiger partial charge is 0.410 e. The molecular weight excluding hydrogens is 290 g/mol. The molecule has 1 amide bonds. The Balaban J connectivity index is 2.12. The van der Waals surface area contributed by atoms with E-state index in [1.165, 1.54) is 0 Å². The predicted octanol–water partition coefficient (Wildman–Crippen LogP) is 3.82. The molecule has 1 heterocycles. The molecule has 0 saturated carbocycles. The van der Waals surface area contributed by atoms with Gasteiger partial charge in [-0.1, -0.05) is 23.7 Å². The second-order valence-electron chi connectivity index (χ2n) is 6.49. The van der Waals surface area contributed by atoms with Crippen LogP contribution in [0.1, 0.15) is 33.3 Å². The van der Waals surface area contributed by atoms with Gasteiger partial charge in [0.1, 0.15) is 11.2 Å². The first-order chi connectivity index (χ1) is 9.70. The summed E-state index contributed by atoms with van der Waals surface area (Å²) in [6.07, 6.45) is -0.300. The second kappa shape index (κ2) is 5.85. The summed E-state index contributed by atoms with van der Waals surface area (Å²) in [6, 6.07) is 7.53. The monoisotopic (exact) mass is 311 g/mol. The van der Waals surface area contributed by atoms with Crippen molar-refractivity contribution in [1.29, 1.82) is 0 Å². The number of morpholine rings is 1. The highest BCUT2D eigenvalue weighted by Crippen LogP contribution is 2.30. The topological polar surface area (TPSA) is 38.8 Å². The lowest BCUT2D eigenvalue weighted by Crippen LogP contribution is -2.51. The van der Waals surface area contributed by atoms with Crippen LogP contribution in [0, 0.1) is 0 Å². The van der Waals surface area contributed by atoms with E-state index in [0.717, 1.165) is 5.56 Å². The van der Waals surface area contributed by atoms with E-state index >= 15 is 0 Å². The molecule has 2 rings (SSSR count). The largest absolute Gasteiger partial charge is 0.444 e. The minimum Gasteiger partial charge on any atom is -0.444 e. The maximum absolute atomic E-state index is 12.2. The molecule has 21 heavy (non-hydrogen) atoms. The highest BCUT2D eigenvalue weighted by Gasteiger charge is 2.37. The predicted molar refractivity (Wildman–Crippen MR) is 82.6 cm³/mol. The SMILES string of the molecule is CC(C)(C)OC(=O)N1CCO[C@@](C)(c2ccc(Cl)cc2)C1. The van der Waals surface area contributed by atoms with E-state index in [4.69, 9.17) is 21.1 Å². The number of hydrogen-bond acceptors (Lipinski definition) is 3.